The third kappa shape index (κ3) is 4.31. The second-order valence-corrected chi connectivity index (χ2v) is 4.91. The van der Waals surface area contributed by atoms with E-state index in [4.69, 9.17) is 0 Å². The minimum absolute atomic E-state index is 0.0501. The number of carbonyl (C=O) groups excluding carboxylic acids is 2. The predicted octanol–water partition coefficient (Wildman–Crippen LogP) is 1.78. The Bertz CT molecular complexity index is 444. The largest absolute Gasteiger partial charge is 0.342 e. The third-order valence-corrected chi connectivity index (χ3v) is 3.28. The molecule has 0 aliphatic rings. The lowest BCUT2D eigenvalue weighted by Gasteiger charge is -2.23. The Morgan fingerprint density at radius 2 is 1.89 bits per heavy atom. The molecule has 0 radical (unpaired) electrons. The third-order valence-electron chi connectivity index (χ3n) is 2.81. The molecule has 19 heavy (non-hydrogen) atoms. The topological polar surface area (TPSA) is 53.5 Å². The van der Waals surface area contributed by atoms with Crippen molar-refractivity contribution >= 4 is 27.7 Å². The maximum atomic E-state index is 12.1. The predicted molar refractivity (Wildman–Crippen MR) is 76.8 cm³/mol. The first-order chi connectivity index (χ1) is 8.99. The number of aromatic nitrogens is 1. The number of hydrogen-bond donors (Lipinski definition) is 0. The lowest BCUT2D eigenvalue weighted by Crippen LogP contribution is -2.41. The number of hydrogen-bond acceptors (Lipinski definition) is 3. The zero-order chi connectivity index (χ0) is 14.4. The highest BCUT2D eigenvalue weighted by Gasteiger charge is 2.17. The number of carbonyl (C=O) groups is 2. The van der Waals surface area contributed by atoms with E-state index in [1.165, 1.54) is 11.1 Å². The van der Waals surface area contributed by atoms with Gasteiger partial charge < -0.3 is 9.80 Å². The molecule has 104 valence electrons. The van der Waals surface area contributed by atoms with Gasteiger partial charge in [0.05, 0.1) is 12.1 Å². The molecule has 0 saturated heterocycles. The van der Waals surface area contributed by atoms with Gasteiger partial charge in [0.2, 0.25) is 5.91 Å². The molecule has 2 amide bonds. The van der Waals surface area contributed by atoms with Crippen LogP contribution in [0.2, 0.25) is 0 Å². The number of halogens is 1. The normalized spacial score (nSPS) is 10.1. The summed E-state index contributed by atoms with van der Waals surface area (Å²) in [5, 5.41) is 0. The van der Waals surface area contributed by atoms with Crippen LogP contribution in [0.1, 0.15) is 24.2 Å². The molecule has 0 aliphatic heterocycles. The van der Waals surface area contributed by atoms with Gasteiger partial charge in [-0.15, -0.1) is 0 Å². The number of likely N-dealkylation sites (N-methyl/N-ethyl adjacent to an activating group) is 2. The molecule has 1 rings (SSSR count). The minimum atomic E-state index is -0.208. The zero-order valence-corrected chi connectivity index (χ0v) is 13.0. The monoisotopic (exact) mass is 327 g/mol. The molecule has 0 N–H and O–H groups in total. The fraction of sp³-hybridized carbons (Fsp3) is 0.462. The molecular weight excluding hydrogens is 310 g/mol. The summed E-state index contributed by atoms with van der Waals surface area (Å²) < 4.78 is 0.672. The number of amides is 2. The van der Waals surface area contributed by atoms with Gasteiger partial charge in [-0.1, -0.05) is 0 Å². The first-order valence-electron chi connectivity index (χ1n) is 6.14. The van der Waals surface area contributed by atoms with Crippen molar-refractivity contribution in [1.82, 2.24) is 14.8 Å². The molecule has 0 bridgehead atoms. The summed E-state index contributed by atoms with van der Waals surface area (Å²) in [6, 6.07) is 3.38. The van der Waals surface area contributed by atoms with E-state index >= 15 is 0 Å². The van der Waals surface area contributed by atoms with Crippen molar-refractivity contribution in [3.63, 3.8) is 0 Å². The lowest BCUT2D eigenvalue weighted by molar-refractivity contribution is -0.131. The quantitative estimate of drug-likeness (QED) is 0.775. The fourth-order valence-corrected chi connectivity index (χ4v) is 1.91. The van der Waals surface area contributed by atoms with Crippen LogP contribution in [0.15, 0.2) is 22.9 Å². The molecule has 5 nitrogen and oxygen atoms in total. The molecule has 0 unspecified atom stereocenters. The molecule has 0 atom stereocenters. The van der Waals surface area contributed by atoms with Crippen LogP contribution in [0.4, 0.5) is 0 Å². The Morgan fingerprint density at radius 1 is 1.26 bits per heavy atom. The van der Waals surface area contributed by atoms with Crippen LogP contribution < -0.4 is 0 Å². The molecule has 1 aromatic rings. The van der Waals surface area contributed by atoms with Crippen LogP contribution in [0.5, 0.6) is 0 Å². The van der Waals surface area contributed by atoms with Crippen LogP contribution in [0, 0.1) is 0 Å². The van der Waals surface area contributed by atoms with Crippen LogP contribution >= 0.6 is 15.9 Å². The highest BCUT2D eigenvalue weighted by molar-refractivity contribution is 9.10. The van der Waals surface area contributed by atoms with Crippen LogP contribution in [-0.2, 0) is 4.79 Å². The highest BCUT2D eigenvalue weighted by Crippen LogP contribution is 2.08. The van der Waals surface area contributed by atoms with Crippen LogP contribution in [-0.4, -0.2) is 53.3 Å². The van der Waals surface area contributed by atoms with Crippen molar-refractivity contribution in [2.75, 3.05) is 26.7 Å². The van der Waals surface area contributed by atoms with Gasteiger partial charge in [-0.05, 0) is 41.9 Å². The van der Waals surface area contributed by atoms with Crippen molar-refractivity contribution in [1.29, 1.82) is 0 Å². The fourth-order valence-electron chi connectivity index (χ4n) is 1.67. The van der Waals surface area contributed by atoms with E-state index in [1.807, 2.05) is 13.8 Å². The van der Waals surface area contributed by atoms with Gasteiger partial charge in [0.15, 0.2) is 0 Å². The summed E-state index contributed by atoms with van der Waals surface area (Å²) in [5.74, 6) is -0.258. The Hall–Kier alpha value is -1.43. The summed E-state index contributed by atoms with van der Waals surface area (Å²) in [7, 11) is 1.62. The highest BCUT2D eigenvalue weighted by atomic mass is 79.9. The lowest BCUT2D eigenvalue weighted by atomic mass is 10.2. The molecule has 0 spiro atoms. The van der Waals surface area contributed by atoms with Gasteiger partial charge in [0.25, 0.3) is 5.91 Å². The molecule has 0 saturated carbocycles. The van der Waals surface area contributed by atoms with Crippen molar-refractivity contribution in [3.05, 3.63) is 28.5 Å². The first-order valence-corrected chi connectivity index (χ1v) is 6.93. The number of nitrogens with zero attached hydrogens (tertiary/aromatic N) is 3. The van der Waals surface area contributed by atoms with E-state index in [0.717, 1.165) is 0 Å². The van der Waals surface area contributed by atoms with E-state index in [2.05, 4.69) is 20.9 Å². The van der Waals surface area contributed by atoms with E-state index in [0.29, 0.717) is 23.3 Å². The van der Waals surface area contributed by atoms with Gasteiger partial charge in [0.1, 0.15) is 4.60 Å². The minimum Gasteiger partial charge on any atom is -0.342 e. The molecule has 6 heteroatoms. The average Bonchev–Trinajstić information content (AvgIpc) is 2.40. The van der Waals surface area contributed by atoms with Crippen molar-refractivity contribution < 1.29 is 9.59 Å². The Kier molecular flexibility index (Phi) is 5.95. The zero-order valence-electron chi connectivity index (χ0n) is 11.4. The number of pyridine rings is 1. The van der Waals surface area contributed by atoms with Gasteiger partial charge >= 0.3 is 0 Å². The summed E-state index contributed by atoms with van der Waals surface area (Å²) in [6.07, 6.45) is 1.49. The van der Waals surface area contributed by atoms with E-state index in [1.54, 1.807) is 24.1 Å². The van der Waals surface area contributed by atoms with Crippen LogP contribution in [0.3, 0.4) is 0 Å². The molecular formula is C13H18BrN3O2. The smallest absolute Gasteiger partial charge is 0.255 e. The summed E-state index contributed by atoms with van der Waals surface area (Å²) in [6.45, 7) is 5.22. The molecule has 1 aromatic heterocycles. The standard InChI is InChI=1S/C13H18BrN3O2/c1-4-17(5-2)12(18)9-16(3)13(19)10-6-7-11(14)15-8-10/h6-8H,4-5,9H2,1-3H3. The van der Waals surface area contributed by atoms with Crippen molar-refractivity contribution in [2.24, 2.45) is 0 Å². The second kappa shape index (κ2) is 7.23. The van der Waals surface area contributed by atoms with Crippen molar-refractivity contribution in [2.45, 2.75) is 13.8 Å². The molecule has 1 heterocycles. The molecule has 0 aromatic carbocycles. The Labute approximate surface area is 121 Å². The first kappa shape index (κ1) is 15.6. The molecule has 0 aliphatic carbocycles. The maximum absolute atomic E-state index is 12.1. The van der Waals surface area contributed by atoms with Gasteiger partial charge in [-0.2, -0.15) is 0 Å². The maximum Gasteiger partial charge on any atom is 0.255 e. The summed E-state index contributed by atoms with van der Waals surface area (Å²) >= 11 is 3.21. The van der Waals surface area contributed by atoms with Crippen molar-refractivity contribution in [3.8, 4) is 0 Å². The second-order valence-electron chi connectivity index (χ2n) is 4.10. The van der Waals surface area contributed by atoms with E-state index < -0.39 is 0 Å². The Balaban J connectivity index is 2.67. The summed E-state index contributed by atoms with van der Waals surface area (Å²) in [4.78, 5) is 31.1. The SMILES string of the molecule is CCN(CC)C(=O)CN(C)C(=O)c1ccc(Br)nc1. The van der Waals surface area contributed by atoms with Gasteiger partial charge in [-0.3, -0.25) is 9.59 Å². The number of rotatable bonds is 5. The van der Waals surface area contributed by atoms with Gasteiger partial charge in [-0.25, -0.2) is 4.98 Å². The molecule has 0 fully saturated rings. The van der Waals surface area contributed by atoms with E-state index in [-0.39, 0.29) is 18.4 Å². The average molecular weight is 328 g/mol. The van der Waals surface area contributed by atoms with Crippen LogP contribution in [0.25, 0.3) is 0 Å². The van der Waals surface area contributed by atoms with Gasteiger partial charge in [0, 0.05) is 26.3 Å². The van der Waals surface area contributed by atoms with E-state index in [9.17, 15) is 9.59 Å². The summed E-state index contributed by atoms with van der Waals surface area (Å²) in [5.41, 5.74) is 0.470. The Morgan fingerprint density at radius 3 is 2.37 bits per heavy atom.